The molecule has 0 aliphatic heterocycles. The molecular formula is C10H19ClN4O2S. The first kappa shape index (κ1) is 15.4. The van der Waals surface area contributed by atoms with Gasteiger partial charge in [-0.1, -0.05) is 6.42 Å². The van der Waals surface area contributed by atoms with Crippen LogP contribution in [-0.2, 0) is 17.1 Å². The standard InChI is InChI=1S/C10H18N4O2S.ClH/c1-14-6-10(12-7-14)17(15,16)13-9-4-2-3-8(9)5-11;/h6-9,13H,2-5,11H2,1H3;1H. The zero-order chi connectivity index (χ0) is 12.5. The molecule has 1 aromatic heterocycles. The maximum atomic E-state index is 12.0. The Balaban J connectivity index is 0.00000162. The average Bonchev–Trinajstić information content (AvgIpc) is 2.86. The molecule has 1 fully saturated rings. The molecule has 1 aromatic rings. The van der Waals surface area contributed by atoms with Gasteiger partial charge in [-0.25, -0.2) is 18.1 Å². The largest absolute Gasteiger partial charge is 0.339 e. The maximum absolute atomic E-state index is 12.0. The average molecular weight is 295 g/mol. The number of nitrogens with zero attached hydrogens (tertiary/aromatic N) is 2. The van der Waals surface area contributed by atoms with E-state index in [0.717, 1.165) is 19.3 Å². The second-order valence-corrected chi connectivity index (χ2v) is 6.19. The Kier molecular flexibility index (Phi) is 5.15. The highest BCUT2D eigenvalue weighted by Gasteiger charge is 2.31. The number of nitrogens with two attached hydrogens (primary N) is 1. The molecule has 2 rings (SSSR count). The molecule has 2 atom stereocenters. The number of imidazole rings is 1. The highest BCUT2D eigenvalue weighted by molar-refractivity contribution is 7.89. The third-order valence-corrected chi connectivity index (χ3v) is 4.60. The molecule has 0 saturated heterocycles. The molecule has 1 aliphatic rings. The van der Waals surface area contributed by atoms with Crippen molar-refractivity contribution in [1.82, 2.24) is 14.3 Å². The molecule has 0 bridgehead atoms. The number of nitrogens with one attached hydrogen (secondary N) is 1. The van der Waals surface area contributed by atoms with Gasteiger partial charge in [0.15, 0.2) is 5.03 Å². The van der Waals surface area contributed by atoms with Crippen molar-refractivity contribution < 1.29 is 8.42 Å². The van der Waals surface area contributed by atoms with Crippen molar-refractivity contribution in [3.05, 3.63) is 12.5 Å². The minimum atomic E-state index is -3.50. The zero-order valence-corrected chi connectivity index (χ0v) is 11.9. The Labute approximate surface area is 113 Å². The number of sulfonamides is 1. The predicted octanol–water partition coefficient (Wildman–Crippen LogP) is 0.248. The van der Waals surface area contributed by atoms with E-state index in [1.165, 1.54) is 12.5 Å². The summed E-state index contributed by atoms with van der Waals surface area (Å²) >= 11 is 0. The van der Waals surface area contributed by atoms with Crippen LogP contribution < -0.4 is 10.5 Å². The first-order valence-electron chi connectivity index (χ1n) is 5.73. The van der Waals surface area contributed by atoms with E-state index in [-0.39, 0.29) is 29.4 Å². The normalized spacial score (nSPS) is 23.9. The number of aromatic nitrogens is 2. The fourth-order valence-electron chi connectivity index (χ4n) is 2.26. The van der Waals surface area contributed by atoms with Crippen LogP contribution in [0.2, 0.25) is 0 Å². The molecule has 3 N–H and O–H groups in total. The van der Waals surface area contributed by atoms with Crippen molar-refractivity contribution in [2.75, 3.05) is 6.54 Å². The molecule has 0 aromatic carbocycles. The summed E-state index contributed by atoms with van der Waals surface area (Å²) in [6.45, 7) is 0.523. The fourth-order valence-corrected chi connectivity index (χ4v) is 3.58. The van der Waals surface area contributed by atoms with Crippen LogP contribution >= 0.6 is 12.4 Å². The van der Waals surface area contributed by atoms with Crippen LogP contribution in [0.15, 0.2) is 17.6 Å². The molecule has 1 saturated carbocycles. The van der Waals surface area contributed by atoms with Gasteiger partial charge in [0.05, 0.1) is 6.33 Å². The van der Waals surface area contributed by atoms with Gasteiger partial charge < -0.3 is 10.3 Å². The number of rotatable bonds is 4. The van der Waals surface area contributed by atoms with Crippen molar-refractivity contribution in [1.29, 1.82) is 0 Å². The highest BCUT2D eigenvalue weighted by Crippen LogP contribution is 2.25. The number of halogens is 1. The Morgan fingerprint density at radius 1 is 1.56 bits per heavy atom. The van der Waals surface area contributed by atoms with Crippen molar-refractivity contribution in [3.8, 4) is 0 Å². The molecular weight excluding hydrogens is 276 g/mol. The molecule has 0 amide bonds. The van der Waals surface area contributed by atoms with Gasteiger partial charge >= 0.3 is 0 Å². The molecule has 6 nitrogen and oxygen atoms in total. The molecule has 8 heteroatoms. The molecule has 18 heavy (non-hydrogen) atoms. The Hall–Kier alpha value is -0.630. The lowest BCUT2D eigenvalue weighted by molar-refractivity contribution is 0.452. The van der Waals surface area contributed by atoms with Crippen LogP contribution in [0.25, 0.3) is 0 Å². The van der Waals surface area contributed by atoms with E-state index < -0.39 is 10.0 Å². The lowest BCUT2D eigenvalue weighted by Crippen LogP contribution is -2.39. The van der Waals surface area contributed by atoms with Gasteiger partial charge in [0.25, 0.3) is 10.0 Å². The molecule has 2 unspecified atom stereocenters. The van der Waals surface area contributed by atoms with E-state index in [1.54, 1.807) is 11.6 Å². The van der Waals surface area contributed by atoms with Crippen LogP contribution in [0.5, 0.6) is 0 Å². The fraction of sp³-hybridized carbons (Fsp3) is 0.700. The quantitative estimate of drug-likeness (QED) is 0.833. The van der Waals surface area contributed by atoms with Gasteiger partial charge in [0, 0.05) is 19.3 Å². The van der Waals surface area contributed by atoms with Crippen molar-refractivity contribution in [2.24, 2.45) is 18.7 Å². The second-order valence-electron chi connectivity index (χ2n) is 4.53. The van der Waals surface area contributed by atoms with E-state index in [0.29, 0.717) is 6.54 Å². The lowest BCUT2D eigenvalue weighted by Gasteiger charge is -2.18. The number of hydrogen-bond donors (Lipinski definition) is 2. The third kappa shape index (κ3) is 3.23. The molecule has 1 heterocycles. The van der Waals surface area contributed by atoms with Gasteiger partial charge in [-0.15, -0.1) is 12.4 Å². The summed E-state index contributed by atoms with van der Waals surface area (Å²) in [5.41, 5.74) is 5.63. The van der Waals surface area contributed by atoms with Crippen LogP contribution in [0, 0.1) is 5.92 Å². The van der Waals surface area contributed by atoms with Crippen LogP contribution in [0.3, 0.4) is 0 Å². The predicted molar refractivity (Wildman–Crippen MR) is 71.0 cm³/mol. The lowest BCUT2D eigenvalue weighted by atomic mass is 10.1. The first-order valence-corrected chi connectivity index (χ1v) is 7.21. The minimum Gasteiger partial charge on any atom is -0.339 e. The maximum Gasteiger partial charge on any atom is 0.259 e. The monoisotopic (exact) mass is 294 g/mol. The molecule has 0 radical (unpaired) electrons. The summed E-state index contributed by atoms with van der Waals surface area (Å²) < 4.78 is 28.4. The van der Waals surface area contributed by atoms with Crippen molar-refractivity contribution >= 4 is 22.4 Å². The SMILES string of the molecule is Cl.Cn1cnc(S(=O)(=O)NC2CCCC2CN)c1. The Bertz CT molecular complexity index is 488. The molecule has 1 aliphatic carbocycles. The minimum absolute atomic E-state index is 0. The first-order chi connectivity index (χ1) is 8.03. The van der Waals surface area contributed by atoms with E-state index in [1.807, 2.05) is 0 Å². The summed E-state index contributed by atoms with van der Waals surface area (Å²) in [6, 6.07) is -0.0491. The van der Waals surface area contributed by atoms with Crippen LogP contribution in [-0.4, -0.2) is 30.6 Å². The second kappa shape index (κ2) is 6.01. The summed E-state index contributed by atoms with van der Waals surface area (Å²) in [4.78, 5) is 3.86. The van der Waals surface area contributed by atoms with Crippen molar-refractivity contribution in [2.45, 2.75) is 30.3 Å². The van der Waals surface area contributed by atoms with E-state index >= 15 is 0 Å². The van der Waals surface area contributed by atoms with Gasteiger partial charge in [-0.05, 0) is 25.3 Å². The van der Waals surface area contributed by atoms with Crippen LogP contribution in [0.1, 0.15) is 19.3 Å². The zero-order valence-electron chi connectivity index (χ0n) is 10.2. The van der Waals surface area contributed by atoms with Crippen molar-refractivity contribution in [3.63, 3.8) is 0 Å². The van der Waals surface area contributed by atoms with Gasteiger partial charge in [0.1, 0.15) is 0 Å². The van der Waals surface area contributed by atoms with Gasteiger partial charge in [0.2, 0.25) is 0 Å². The number of hydrogen-bond acceptors (Lipinski definition) is 4. The topological polar surface area (TPSA) is 90.0 Å². The van der Waals surface area contributed by atoms with E-state index in [2.05, 4.69) is 9.71 Å². The van der Waals surface area contributed by atoms with Gasteiger partial charge in [-0.2, -0.15) is 0 Å². The number of aryl methyl sites for hydroxylation is 1. The highest BCUT2D eigenvalue weighted by atomic mass is 35.5. The van der Waals surface area contributed by atoms with Gasteiger partial charge in [-0.3, -0.25) is 0 Å². The smallest absolute Gasteiger partial charge is 0.259 e. The Morgan fingerprint density at radius 3 is 2.83 bits per heavy atom. The summed E-state index contributed by atoms with van der Waals surface area (Å²) in [6.07, 6.45) is 5.84. The molecule has 0 spiro atoms. The van der Waals surface area contributed by atoms with E-state index in [4.69, 9.17) is 5.73 Å². The Morgan fingerprint density at radius 2 is 2.28 bits per heavy atom. The molecule has 104 valence electrons. The summed E-state index contributed by atoms with van der Waals surface area (Å²) in [5.74, 6) is 0.244. The summed E-state index contributed by atoms with van der Waals surface area (Å²) in [7, 11) is -1.76. The summed E-state index contributed by atoms with van der Waals surface area (Å²) in [5, 5.41) is 0.0719. The third-order valence-electron chi connectivity index (χ3n) is 3.22. The van der Waals surface area contributed by atoms with E-state index in [9.17, 15) is 8.42 Å². The van der Waals surface area contributed by atoms with Crippen LogP contribution in [0.4, 0.5) is 0 Å².